The van der Waals surface area contributed by atoms with Gasteiger partial charge in [0.1, 0.15) is 10.6 Å². The van der Waals surface area contributed by atoms with Gasteiger partial charge in [0.05, 0.1) is 24.9 Å². The maximum Gasteiger partial charge on any atom is 0.209 e. The zero-order valence-corrected chi connectivity index (χ0v) is 16.4. The molecule has 1 aliphatic heterocycles. The standard InChI is InChI=1S/C17H19N5O3S2/c1-27(23,24)19-11-13-9-14-16(22-5-7-25-8-6-22)20-15(21-17(14)26-13)12-3-2-4-18-10-12/h2-4,9-10,19H,5-8,11H2,1H3. The molecule has 8 nitrogen and oxygen atoms in total. The first-order valence-corrected chi connectivity index (χ1v) is 11.2. The van der Waals surface area contributed by atoms with E-state index >= 15 is 0 Å². The fourth-order valence-electron chi connectivity index (χ4n) is 2.89. The highest BCUT2D eigenvalue weighted by Crippen LogP contribution is 2.33. The molecule has 1 saturated heterocycles. The predicted molar refractivity (Wildman–Crippen MR) is 105 cm³/mol. The van der Waals surface area contributed by atoms with Gasteiger partial charge >= 0.3 is 0 Å². The molecular formula is C17H19N5O3S2. The van der Waals surface area contributed by atoms with Crippen LogP contribution in [-0.2, 0) is 21.3 Å². The highest BCUT2D eigenvalue weighted by Gasteiger charge is 2.20. The monoisotopic (exact) mass is 405 g/mol. The number of rotatable bonds is 5. The molecule has 0 radical (unpaired) electrons. The van der Waals surface area contributed by atoms with E-state index in [0.717, 1.165) is 45.8 Å². The van der Waals surface area contributed by atoms with Gasteiger partial charge in [-0.05, 0) is 18.2 Å². The highest BCUT2D eigenvalue weighted by molar-refractivity contribution is 7.88. The normalized spacial score (nSPS) is 15.4. The van der Waals surface area contributed by atoms with Gasteiger partial charge in [-0.1, -0.05) is 0 Å². The van der Waals surface area contributed by atoms with Gasteiger partial charge in [0.15, 0.2) is 5.82 Å². The van der Waals surface area contributed by atoms with E-state index in [4.69, 9.17) is 14.7 Å². The van der Waals surface area contributed by atoms with E-state index in [9.17, 15) is 8.42 Å². The number of nitrogens with one attached hydrogen (secondary N) is 1. The number of fused-ring (bicyclic) bond motifs is 1. The van der Waals surface area contributed by atoms with E-state index < -0.39 is 10.0 Å². The van der Waals surface area contributed by atoms with Gasteiger partial charge in [-0.15, -0.1) is 11.3 Å². The molecule has 27 heavy (non-hydrogen) atoms. The predicted octanol–water partition coefficient (Wildman–Crippen LogP) is 1.64. The van der Waals surface area contributed by atoms with Crippen LogP contribution in [0.25, 0.3) is 21.6 Å². The van der Waals surface area contributed by atoms with Gasteiger partial charge < -0.3 is 9.64 Å². The summed E-state index contributed by atoms with van der Waals surface area (Å²) in [6.45, 7) is 3.06. The number of aromatic nitrogens is 3. The molecule has 0 unspecified atom stereocenters. The maximum atomic E-state index is 11.4. The van der Waals surface area contributed by atoms with Crippen molar-refractivity contribution in [1.29, 1.82) is 0 Å². The smallest absolute Gasteiger partial charge is 0.209 e. The summed E-state index contributed by atoms with van der Waals surface area (Å²) in [5.74, 6) is 1.46. The van der Waals surface area contributed by atoms with Gasteiger partial charge in [0.25, 0.3) is 0 Å². The summed E-state index contributed by atoms with van der Waals surface area (Å²) in [5, 5.41) is 0.930. The van der Waals surface area contributed by atoms with Crippen molar-refractivity contribution in [1.82, 2.24) is 19.7 Å². The Morgan fingerprint density at radius 2 is 2.11 bits per heavy atom. The summed E-state index contributed by atoms with van der Waals surface area (Å²) in [4.78, 5) is 17.6. The number of nitrogens with zero attached hydrogens (tertiary/aromatic N) is 4. The van der Waals surface area contributed by atoms with Crippen molar-refractivity contribution in [2.24, 2.45) is 0 Å². The zero-order chi connectivity index (χ0) is 18.9. The topological polar surface area (TPSA) is 97.3 Å². The van der Waals surface area contributed by atoms with Crippen LogP contribution >= 0.6 is 11.3 Å². The van der Waals surface area contributed by atoms with Crippen molar-refractivity contribution < 1.29 is 13.2 Å². The van der Waals surface area contributed by atoms with Crippen LogP contribution in [0.1, 0.15) is 4.88 Å². The SMILES string of the molecule is CS(=O)(=O)NCc1cc2c(N3CCOCC3)nc(-c3cccnc3)nc2s1. The average molecular weight is 406 g/mol. The third-order valence-electron chi connectivity index (χ3n) is 4.16. The molecule has 4 heterocycles. The Balaban J connectivity index is 1.79. The van der Waals surface area contributed by atoms with Crippen LogP contribution in [0.5, 0.6) is 0 Å². The molecule has 0 spiro atoms. The Hall–Kier alpha value is -2.14. The number of pyridine rings is 1. The first kappa shape index (κ1) is 18.2. The molecule has 0 atom stereocenters. The molecule has 10 heteroatoms. The lowest BCUT2D eigenvalue weighted by Crippen LogP contribution is -2.37. The molecule has 4 rings (SSSR count). The molecule has 0 aromatic carbocycles. The molecule has 0 amide bonds. The van der Waals surface area contributed by atoms with Crippen LogP contribution in [0, 0.1) is 0 Å². The molecule has 0 aliphatic carbocycles. The van der Waals surface area contributed by atoms with E-state index in [1.807, 2.05) is 18.2 Å². The Kier molecular flexibility index (Phi) is 5.04. The largest absolute Gasteiger partial charge is 0.378 e. The minimum absolute atomic E-state index is 0.241. The summed E-state index contributed by atoms with van der Waals surface area (Å²) < 4.78 is 30.8. The van der Waals surface area contributed by atoms with Crippen molar-refractivity contribution in [2.75, 3.05) is 37.5 Å². The zero-order valence-electron chi connectivity index (χ0n) is 14.8. The first-order chi connectivity index (χ1) is 13.0. The van der Waals surface area contributed by atoms with Crippen molar-refractivity contribution in [3.05, 3.63) is 35.5 Å². The Bertz CT molecular complexity index is 1050. The van der Waals surface area contributed by atoms with E-state index in [2.05, 4.69) is 14.6 Å². The van der Waals surface area contributed by atoms with Gasteiger partial charge in [0, 0.05) is 42.5 Å². The molecular weight excluding hydrogens is 386 g/mol. The Labute approximate surface area is 161 Å². The number of anilines is 1. The van der Waals surface area contributed by atoms with Crippen molar-refractivity contribution in [3.63, 3.8) is 0 Å². The van der Waals surface area contributed by atoms with E-state index in [1.165, 1.54) is 11.3 Å². The molecule has 0 saturated carbocycles. The summed E-state index contributed by atoms with van der Waals surface area (Å²) in [7, 11) is -3.26. The van der Waals surface area contributed by atoms with Gasteiger partial charge in [0.2, 0.25) is 10.0 Å². The third kappa shape index (κ3) is 4.24. The quantitative estimate of drug-likeness (QED) is 0.689. The number of morpholine rings is 1. The lowest BCUT2D eigenvalue weighted by Gasteiger charge is -2.28. The second-order valence-electron chi connectivity index (χ2n) is 6.24. The van der Waals surface area contributed by atoms with E-state index in [-0.39, 0.29) is 6.54 Å². The lowest BCUT2D eigenvalue weighted by atomic mass is 10.2. The van der Waals surface area contributed by atoms with Crippen LogP contribution in [0.2, 0.25) is 0 Å². The number of ether oxygens (including phenoxy) is 1. The Morgan fingerprint density at radius 3 is 2.81 bits per heavy atom. The second-order valence-corrected chi connectivity index (χ2v) is 9.18. The van der Waals surface area contributed by atoms with Crippen molar-refractivity contribution in [2.45, 2.75) is 6.54 Å². The molecule has 142 valence electrons. The molecule has 1 N–H and O–H groups in total. The van der Waals surface area contributed by atoms with E-state index in [1.54, 1.807) is 12.4 Å². The van der Waals surface area contributed by atoms with Crippen LogP contribution in [0.15, 0.2) is 30.6 Å². The van der Waals surface area contributed by atoms with E-state index in [0.29, 0.717) is 19.0 Å². The van der Waals surface area contributed by atoms with Crippen LogP contribution in [0.3, 0.4) is 0 Å². The highest BCUT2D eigenvalue weighted by atomic mass is 32.2. The summed E-state index contributed by atoms with van der Waals surface area (Å²) in [6.07, 6.45) is 4.61. The van der Waals surface area contributed by atoms with Crippen LogP contribution < -0.4 is 9.62 Å². The number of hydrogen-bond donors (Lipinski definition) is 1. The second kappa shape index (κ2) is 7.47. The minimum atomic E-state index is -3.26. The first-order valence-electron chi connectivity index (χ1n) is 8.48. The molecule has 1 aliphatic rings. The van der Waals surface area contributed by atoms with Gasteiger partial charge in [-0.2, -0.15) is 0 Å². The number of thiophene rings is 1. The van der Waals surface area contributed by atoms with Gasteiger partial charge in [-0.3, -0.25) is 4.98 Å². The van der Waals surface area contributed by atoms with Crippen molar-refractivity contribution in [3.8, 4) is 11.4 Å². The van der Waals surface area contributed by atoms with Gasteiger partial charge in [-0.25, -0.2) is 23.1 Å². The molecule has 3 aromatic rings. The molecule has 1 fully saturated rings. The fraction of sp³-hybridized carbons (Fsp3) is 0.353. The third-order valence-corrected chi connectivity index (χ3v) is 5.86. The Morgan fingerprint density at radius 1 is 1.30 bits per heavy atom. The summed E-state index contributed by atoms with van der Waals surface area (Å²) >= 11 is 1.47. The summed E-state index contributed by atoms with van der Waals surface area (Å²) in [5.41, 5.74) is 0.845. The molecule has 3 aromatic heterocycles. The van der Waals surface area contributed by atoms with Crippen molar-refractivity contribution >= 4 is 37.4 Å². The number of sulfonamides is 1. The maximum absolute atomic E-state index is 11.4. The molecule has 0 bridgehead atoms. The summed E-state index contributed by atoms with van der Waals surface area (Å²) in [6, 6.07) is 5.75. The fourth-order valence-corrected chi connectivity index (χ4v) is 4.36. The average Bonchev–Trinajstić information content (AvgIpc) is 3.09. The van der Waals surface area contributed by atoms with Crippen LogP contribution in [0.4, 0.5) is 5.82 Å². The van der Waals surface area contributed by atoms with Crippen LogP contribution in [-0.4, -0.2) is 55.9 Å². The number of hydrogen-bond acceptors (Lipinski definition) is 8. The minimum Gasteiger partial charge on any atom is -0.378 e. The lowest BCUT2D eigenvalue weighted by molar-refractivity contribution is 0.122.